The Kier molecular flexibility index (Phi) is 7.53. The van der Waals surface area contributed by atoms with E-state index >= 15 is 0 Å². The van der Waals surface area contributed by atoms with Crippen molar-refractivity contribution in [2.75, 3.05) is 18.4 Å². The van der Waals surface area contributed by atoms with Gasteiger partial charge in [0.2, 0.25) is 0 Å². The molecule has 3 heteroatoms. The number of rotatable bonds is 7. The average Bonchev–Trinajstić information content (AvgIpc) is 2.84. The first-order valence-corrected chi connectivity index (χ1v) is 12.8. The molecule has 34 heavy (non-hydrogen) atoms. The topological polar surface area (TPSA) is 29.1 Å². The third-order valence-corrected chi connectivity index (χ3v) is 7.94. The van der Waals surface area contributed by atoms with Gasteiger partial charge in [-0.25, -0.2) is 0 Å². The van der Waals surface area contributed by atoms with Gasteiger partial charge in [-0.3, -0.25) is 4.79 Å². The van der Waals surface area contributed by atoms with Crippen LogP contribution in [-0.4, -0.2) is 29.5 Å². The average molecular weight is 456 g/mol. The first kappa shape index (κ1) is 24.2. The van der Waals surface area contributed by atoms with Crippen molar-refractivity contribution < 1.29 is 9.28 Å². The molecule has 0 aromatic heterocycles. The first-order valence-electron chi connectivity index (χ1n) is 12.8. The third kappa shape index (κ3) is 5.10. The third-order valence-electron chi connectivity index (χ3n) is 7.94. The molecule has 1 aliphatic rings. The Bertz CT molecular complexity index is 1090. The molecule has 1 N–H and O–H groups in total. The van der Waals surface area contributed by atoms with E-state index in [1.165, 1.54) is 16.7 Å². The number of likely N-dealkylation sites (tertiary alicyclic amines) is 1. The van der Waals surface area contributed by atoms with Gasteiger partial charge >= 0.3 is 0 Å². The van der Waals surface area contributed by atoms with E-state index in [9.17, 15) is 4.79 Å². The molecule has 1 aliphatic heterocycles. The van der Waals surface area contributed by atoms with E-state index in [1.54, 1.807) is 0 Å². The van der Waals surface area contributed by atoms with Crippen LogP contribution in [-0.2, 0) is 11.3 Å². The summed E-state index contributed by atoms with van der Waals surface area (Å²) in [5, 5.41) is 3.34. The lowest BCUT2D eigenvalue weighted by atomic mass is 9.86. The minimum Gasteiger partial charge on any atom is -0.320 e. The molecule has 1 amide bonds. The molecule has 0 radical (unpaired) electrons. The van der Waals surface area contributed by atoms with Gasteiger partial charge in [0.15, 0.2) is 6.04 Å². The fourth-order valence-corrected chi connectivity index (χ4v) is 5.89. The number of amides is 1. The molecule has 1 saturated heterocycles. The number of hydrogen-bond donors (Lipinski definition) is 1. The zero-order chi connectivity index (χ0) is 24.1. The maximum absolute atomic E-state index is 13.9. The Morgan fingerprint density at radius 2 is 1.44 bits per heavy atom. The van der Waals surface area contributed by atoms with Crippen molar-refractivity contribution in [2.24, 2.45) is 0 Å². The van der Waals surface area contributed by atoms with Gasteiger partial charge in [0.05, 0.1) is 13.1 Å². The van der Waals surface area contributed by atoms with Gasteiger partial charge in [-0.1, -0.05) is 79.7 Å². The molecule has 1 atom stereocenters. The quantitative estimate of drug-likeness (QED) is 0.385. The van der Waals surface area contributed by atoms with E-state index in [0.29, 0.717) is 5.92 Å². The van der Waals surface area contributed by atoms with Crippen molar-refractivity contribution >= 4 is 11.6 Å². The summed E-state index contributed by atoms with van der Waals surface area (Å²) in [6.07, 6.45) is 3.06. The summed E-state index contributed by atoms with van der Waals surface area (Å²) >= 11 is 0. The van der Waals surface area contributed by atoms with Crippen LogP contribution in [0, 0.1) is 20.8 Å². The van der Waals surface area contributed by atoms with Crippen LogP contribution in [0.3, 0.4) is 0 Å². The second-order valence-electron chi connectivity index (χ2n) is 10.1. The van der Waals surface area contributed by atoms with Crippen LogP contribution in [0.2, 0.25) is 0 Å². The first-order chi connectivity index (χ1) is 16.4. The van der Waals surface area contributed by atoms with Crippen LogP contribution >= 0.6 is 0 Å². The van der Waals surface area contributed by atoms with Crippen molar-refractivity contribution in [1.29, 1.82) is 0 Å². The Labute approximate surface area is 205 Å². The van der Waals surface area contributed by atoms with Crippen molar-refractivity contribution in [3.8, 4) is 0 Å². The molecule has 3 aromatic carbocycles. The van der Waals surface area contributed by atoms with Gasteiger partial charge in [0.1, 0.15) is 6.54 Å². The number of carbonyl (C=O) groups is 1. The highest BCUT2D eigenvalue weighted by atomic mass is 16.2. The van der Waals surface area contributed by atoms with E-state index < -0.39 is 0 Å². The van der Waals surface area contributed by atoms with Gasteiger partial charge in [-0.05, 0) is 48.9 Å². The predicted octanol–water partition coefficient (Wildman–Crippen LogP) is 6.92. The van der Waals surface area contributed by atoms with E-state index in [1.807, 2.05) is 0 Å². The Hall–Kier alpha value is -2.91. The summed E-state index contributed by atoms with van der Waals surface area (Å²) < 4.78 is 0.835. The number of quaternary nitrogens is 1. The van der Waals surface area contributed by atoms with Crippen molar-refractivity contribution in [3.05, 3.63) is 101 Å². The lowest BCUT2D eigenvalue weighted by molar-refractivity contribution is -0.959. The minimum atomic E-state index is -0.0738. The van der Waals surface area contributed by atoms with Crippen LogP contribution in [0.25, 0.3) is 0 Å². The molecule has 1 fully saturated rings. The Morgan fingerprint density at radius 1 is 0.853 bits per heavy atom. The Morgan fingerprint density at radius 3 is 2.06 bits per heavy atom. The summed E-state index contributed by atoms with van der Waals surface area (Å²) in [7, 11) is 0. The number of anilines is 1. The number of piperidine rings is 1. The minimum absolute atomic E-state index is 0.0738. The fraction of sp³-hybridized carbons (Fsp3) is 0.387. The van der Waals surface area contributed by atoms with Crippen LogP contribution < -0.4 is 5.32 Å². The number of nitrogens with zero attached hydrogens (tertiary/aromatic N) is 1. The van der Waals surface area contributed by atoms with E-state index in [4.69, 9.17) is 0 Å². The summed E-state index contributed by atoms with van der Waals surface area (Å²) in [5.41, 5.74) is 7.32. The van der Waals surface area contributed by atoms with Gasteiger partial charge in [-0.15, -0.1) is 0 Å². The summed E-state index contributed by atoms with van der Waals surface area (Å²) in [6, 6.07) is 25.7. The maximum atomic E-state index is 13.9. The predicted molar refractivity (Wildman–Crippen MR) is 142 cm³/mol. The molecular weight excluding hydrogens is 416 g/mol. The smallest absolute Gasteiger partial charge is 0.282 e. The second-order valence-corrected chi connectivity index (χ2v) is 10.1. The molecule has 0 aliphatic carbocycles. The van der Waals surface area contributed by atoms with Gasteiger partial charge < -0.3 is 9.80 Å². The molecule has 1 unspecified atom stereocenters. The lowest BCUT2D eigenvalue weighted by Gasteiger charge is -2.48. The summed E-state index contributed by atoms with van der Waals surface area (Å²) in [6.45, 7) is 11.5. The molecule has 3 nitrogen and oxygen atoms in total. The number of aryl methyl sites for hydroxylation is 3. The maximum Gasteiger partial charge on any atom is 0.282 e. The molecule has 0 saturated carbocycles. The van der Waals surface area contributed by atoms with Crippen LogP contribution in [0.15, 0.2) is 72.8 Å². The second kappa shape index (κ2) is 10.6. The lowest BCUT2D eigenvalue weighted by Crippen LogP contribution is -2.62. The highest BCUT2D eigenvalue weighted by Crippen LogP contribution is 2.36. The molecule has 0 bridgehead atoms. The fourth-order valence-electron chi connectivity index (χ4n) is 5.89. The monoisotopic (exact) mass is 455 g/mol. The summed E-state index contributed by atoms with van der Waals surface area (Å²) in [4.78, 5) is 13.9. The highest BCUT2D eigenvalue weighted by Gasteiger charge is 2.44. The molecule has 178 valence electrons. The standard InChI is InChI=1S/C31H38N2O/c1-5-29(31(34)32-30-24(3)13-11-14-25(30)4)33(22-28-17-10-9-12-23(28)2)20-18-27(19-21-33)26-15-7-6-8-16-26/h6-17,27,29H,5,18-22H2,1-4H3/p+1. The van der Waals surface area contributed by atoms with Crippen LogP contribution in [0.5, 0.6) is 0 Å². The molecule has 3 aromatic rings. The van der Waals surface area contributed by atoms with Crippen molar-refractivity contribution in [3.63, 3.8) is 0 Å². The molecule has 4 rings (SSSR count). The normalized spacial score (nSPS) is 21.1. The summed E-state index contributed by atoms with van der Waals surface area (Å²) in [5.74, 6) is 0.732. The van der Waals surface area contributed by atoms with E-state index in [0.717, 1.165) is 60.2 Å². The Balaban J connectivity index is 1.64. The van der Waals surface area contributed by atoms with Gasteiger partial charge in [0.25, 0.3) is 5.91 Å². The number of hydrogen-bond acceptors (Lipinski definition) is 1. The highest BCUT2D eigenvalue weighted by molar-refractivity contribution is 5.95. The van der Waals surface area contributed by atoms with Gasteiger partial charge in [0, 0.05) is 30.5 Å². The number of carbonyl (C=O) groups excluding carboxylic acids is 1. The molecular formula is C31H39N2O+. The largest absolute Gasteiger partial charge is 0.320 e. The van der Waals surface area contributed by atoms with E-state index in [-0.39, 0.29) is 11.9 Å². The zero-order valence-corrected chi connectivity index (χ0v) is 21.2. The number of nitrogens with one attached hydrogen (secondary N) is 1. The van der Waals surface area contributed by atoms with Crippen molar-refractivity contribution in [2.45, 2.75) is 65.5 Å². The number of para-hydroxylation sites is 1. The zero-order valence-electron chi connectivity index (χ0n) is 21.2. The van der Waals surface area contributed by atoms with Crippen LogP contribution in [0.1, 0.15) is 59.9 Å². The molecule has 1 heterocycles. The van der Waals surface area contributed by atoms with Crippen LogP contribution in [0.4, 0.5) is 5.69 Å². The van der Waals surface area contributed by atoms with Gasteiger partial charge in [-0.2, -0.15) is 0 Å². The SMILES string of the molecule is CCC(C(=O)Nc1c(C)cccc1C)[N+]1(Cc2ccccc2C)CCC(c2ccccc2)CC1. The van der Waals surface area contributed by atoms with E-state index in [2.05, 4.69) is 106 Å². The number of benzene rings is 3. The molecule has 0 spiro atoms. The van der Waals surface area contributed by atoms with Crippen molar-refractivity contribution in [1.82, 2.24) is 0 Å².